The average Bonchev–Trinajstić information content (AvgIpc) is 2.53. The maximum absolute atomic E-state index is 6.18. The van der Waals surface area contributed by atoms with E-state index < -0.39 is 0 Å². The van der Waals surface area contributed by atoms with Gasteiger partial charge >= 0.3 is 0 Å². The lowest BCUT2D eigenvalue weighted by atomic mass is 9.93. The molecule has 0 bridgehead atoms. The van der Waals surface area contributed by atoms with E-state index in [2.05, 4.69) is 51.7 Å². The monoisotopic (exact) mass is 229 g/mol. The summed E-state index contributed by atoms with van der Waals surface area (Å²) in [6.45, 7) is 11.1. The Labute approximate surface area is 97.5 Å². The Kier molecular flexibility index (Phi) is 2.65. The van der Waals surface area contributed by atoms with Crippen molar-refractivity contribution in [1.82, 2.24) is 5.32 Å². The first-order chi connectivity index (χ1) is 6.80. The van der Waals surface area contributed by atoms with Crippen molar-refractivity contribution in [3.8, 4) is 0 Å². The quantitative estimate of drug-likeness (QED) is 0.747. The summed E-state index contributed by atoms with van der Waals surface area (Å²) in [6, 6.07) is 0.659. The first kappa shape index (κ1) is 11.7. The molecule has 88 valence electrons. The smallest absolute Gasteiger partial charge is 0.0963 e. The van der Waals surface area contributed by atoms with Crippen LogP contribution in [-0.4, -0.2) is 27.9 Å². The zero-order chi connectivity index (χ0) is 11.3. The summed E-state index contributed by atoms with van der Waals surface area (Å²) in [7, 11) is 0. The Morgan fingerprint density at radius 3 is 2.40 bits per heavy atom. The van der Waals surface area contributed by atoms with E-state index in [1.807, 2.05) is 0 Å². The zero-order valence-electron chi connectivity index (χ0n) is 10.5. The lowest BCUT2D eigenvalue weighted by Gasteiger charge is -2.36. The van der Waals surface area contributed by atoms with Crippen LogP contribution in [0, 0.1) is 0 Å². The van der Waals surface area contributed by atoms with Gasteiger partial charge in [-0.1, -0.05) is 6.92 Å². The molecule has 2 aliphatic rings. The minimum atomic E-state index is -0.0644. The molecule has 0 amide bonds. The molecule has 2 fully saturated rings. The number of rotatable bonds is 1. The number of thioether (sulfide) groups is 1. The molecule has 0 saturated carbocycles. The third-order valence-corrected chi connectivity index (χ3v) is 5.46. The predicted octanol–water partition coefficient (Wildman–Crippen LogP) is 2.78. The van der Waals surface area contributed by atoms with E-state index in [1.54, 1.807) is 0 Å². The van der Waals surface area contributed by atoms with E-state index in [0.29, 0.717) is 6.04 Å². The van der Waals surface area contributed by atoms with Gasteiger partial charge in [0.2, 0.25) is 0 Å². The molecule has 0 aromatic rings. The van der Waals surface area contributed by atoms with Gasteiger partial charge in [-0.25, -0.2) is 0 Å². The molecule has 2 unspecified atom stereocenters. The number of nitrogens with one attached hydrogen (secondary N) is 1. The second kappa shape index (κ2) is 3.38. The highest BCUT2D eigenvalue weighted by Gasteiger charge is 2.60. The molecule has 2 heterocycles. The Bertz CT molecular complexity index is 264. The average molecular weight is 229 g/mol. The molecule has 1 spiro atoms. The summed E-state index contributed by atoms with van der Waals surface area (Å²) >= 11 is 2.06. The molecular formula is C12H23NOS. The topological polar surface area (TPSA) is 21.3 Å². The van der Waals surface area contributed by atoms with Gasteiger partial charge in [0, 0.05) is 18.2 Å². The van der Waals surface area contributed by atoms with E-state index in [4.69, 9.17) is 4.74 Å². The first-order valence-corrected chi connectivity index (χ1v) is 6.91. The normalized spacial score (nSPS) is 42.6. The van der Waals surface area contributed by atoms with Crippen molar-refractivity contribution < 1.29 is 4.74 Å². The van der Waals surface area contributed by atoms with Gasteiger partial charge in [-0.05, 0) is 34.1 Å². The summed E-state index contributed by atoms with van der Waals surface area (Å²) in [5, 5.41) is 3.80. The number of hydrogen-bond donors (Lipinski definition) is 1. The molecule has 15 heavy (non-hydrogen) atoms. The molecule has 2 saturated heterocycles. The van der Waals surface area contributed by atoms with Crippen LogP contribution in [0.5, 0.6) is 0 Å². The summed E-state index contributed by atoms with van der Waals surface area (Å²) in [5.41, 5.74) is -0.0583. The molecule has 0 aromatic carbocycles. The van der Waals surface area contributed by atoms with Gasteiger partial charge in [0.05, 0.1) is 16.1 Å². The number of ether oxygens (including phenoxy) is 1. The van der Waals surface area contributed by atoms with E-state index >= 15 is 0 Å². The molecule has 2 rings (SSSR count). The van der Waals surface area contributed by atoms with Gasteiger partial charge in [-0.3, -0.25) is 5.32 Å². The summed E-state index contributed by atoms with van der Waals surface area (Å²) in [4.78, 5) is 0.136. The van der Waals surface area contributed by atoms with Crippen molar-refractivity contribution >= 4 is 11.8 Å². The van der Waals surface area contributed by atoms with Crippen molar-refractivity contribution in [3.05, 3.63) is 0 Å². The van der Waals surface area contributed by atoms with Crippen LogP contribution in [0.3, 0.4) is 0 Å². The zero-order valence-corrected chi connectivity index (χ0v) is 11.3. The summed E-state index contributed by atoms with van der Waals surface area (Å²) in [6.07, 6.45) is 2.32. The van der Waals surface area contributed by atoms with Crippen LogP contribution in [0.25, 0.3) is 0 Å². The Morgan fingerprint density at radius 2 is 2.00 bits per heavy atom. The Morgan fingerprint density at radius 1 is 1.33 bits per heavy atom. The van der Waals surface area contributed by atoms with Crippen LogP contribution in [0.4, 0.5) is 0 Å². The first-order valence-electron chi connectivity index (χ1n) is 5.92. The van der Waals surface area contributed by atoms with Gasteiger partial charge < -0.3 is 4.74 Å². The van der Waals surface area contributed by atoms with Crippen LogP contribution in [0.15, 0.2) is 0 Å². The second-order valence-corrected chi connectivity index (χ2v) is 7.26. The predicted molar refractivity (Wildman–Crippen MR) is 66.3 cm³/mol. The highest BCUT2D eigenvalue weighted by molar-refractivity contribution is 8.01. The molecule has 2 nitrogen and oxygen atoms in total. The molecule has 3 heteroatoms. The Balaban J connectivity index is 2.22. The molecule has 1 N–H and O–H groups in total. The van der Waals surface area contributed by atoms with Crippen LogP contribution < -0.4 is 5.32 Å². The lowest BCUT2D eigenvalue weighted by Crippen LogP contribution is -2.53. The maximum Gasteiger partial charge on any atom is 0.0963 e. The van der Waals surface area contributed by atoms with E-state index in [-0.39, 0.29) is 16.1 Å². The Hall–Kier alpha value is 0.270. The van der Waals surface area contributed by atoms with Crippen molar-refractivity contribution in [2.24, 2.45) is 0 Å². The molecular weight excluding hydrogens is 206 g/mol. The molecule has 0 aliphatic carbocycles. The second-order valence-electron chi connectivity index (χ2n) is 5.94. The molecule has 2 atom stereocenters. The maximum atomic E-state index is 6.18. The largest absolute Gasteiger partial charge is 0.367 e. The van der Waals surface area contributed by atoms with Crippen LogP contribution in [0.1, 0.15) is 47.5 Å². The minimum absolute atomic E-state index is 0.00608. The van der Waals surface area contributed by atoms with Gasteiger partial charge in [0.25, 0.3) is 0 Å². The van der Waals surface area contributed by atoms with E-state index in [1.165, 1.54) is 12.2 Å². The van der Waals surface area contributed by atoms with Crippen molar-refractivity contribution in [1.29, 1.82) is 0 Å². The highest BCUT2D eigenvalue weighted by atomic mass is 32.2. The van der Waals surface area contributed by atoms with Gasteiger partial charge in [-0.2, -0.15) is 0 Å². The summed E-state index contributed by atoms with van der Waals surface area (Å²) in [5.74, 6) is 1.22. The third kappa shape index (κ3) is 1.83. The van der Waals surface area contributed by atoms with E-state index in [0.717, 1.165) is 6.42 Å². The molecule has 0 aromatic heterocycles. The molecule has 0 radical (unpaired) electrons. The number of hydrogen-bond acceptors (Lipinski definition) is 3. The third-order valence-electron chi connectivity index (χ3n) is 3.64. The van der Waals surface area contributed by atoms with Crippen LogP contribution >= 0.6 is 11.8 Å². The van der Waals surface area contributed by atoms with E-state index in [9.17, 15) is 0 Å². The van der Waals surface area contributed by atoms with Crippen LogP contribution in [0.2, 0.25) is 0 Å². The van der Waals surface area contributed by atoms with Gasteiger partial charge in [0.1, 0.15) is 0 Å². The fraction of sp³-hybridized carbons (Fsp3) is 1.00. The van der Waals surface area contributed by atoms with Gasteiger partial charge in [0.15, 0.2) is 0 Å². The summed E-state index contributed by atoms with van der Waals surface area (Å²) < 4.78 is 6.18. The van der Waals surface area contributed by atoms with Crippen LogP contribution in [-0.2, 0) is 4.74 Å². The van der Waals surface area contributed by atoms with Crippen molar-refractivity contribution in [2.75, 3.05) is 5.75 Å². The minimum Gasteiger partial charge on any atom is -0.367 e. The SMILES string of the molecule is CCC1CSC2(CC(C)(C)OC2(C)C)N1. The van der Waals surface area contributed by atoms with Gasteiger partial charge in [-0.15, -0.1) is 11.8 Å². The van der Waals surface area contributed by atoms with Crippen molar-refractivity contribution in [2.45, 2.75) is 69.6 Å². The van der Waals surface area contributed by atoms with Crippen molar-refractivity contribution in [3.63, 3.8) is 0 Å². The fourth-order valence-electron chi connectivity index (χ4n) is 2.95. The standard InChI is InChI=1S/C12H23NOS/c1-6-9-7-15-12(13-9)8-10(2,3)14-11(12,4)5/h9,13H,6-8H2,1-5H3. The molecule has 2 aliphatic heterocycles. The highest BCUT2D eigenvalue weighted by Crippen LogP contribution is 2.53. The fourth-order valence-corrected chi connectivity index (χ4v) is 4.84. The lowest BCUT2D eigenvalue weighted by molar-refractivity contribution is -0.0729.